The zero-order valence-electron chi connectivity index (χ0n) is 11.3. The van der Waals surface area contributed by atoms with Crippen LogP contribution in [0.2, 0.25) is 0 Å². The number of aromatic amines is 1. The predicted octanol–water partition coefficient (Wildman–Crippen LogP) is 0.947. The van der Waals surface area contributed by atoms with Crippen LogP contribution in [0.3, 0.4) is 0 Å². The molecule has 0 atom stereocenters. The van der Waals surface area contributed by atoms with Crippen molar-refractivity contribution in [3.8, 4) is 0 Å². The molecule has 0 fully saturated rings. The van der Waals surface area contributed by atoms with Crippen molar-refractivity contribution in [1.82, 2.24) is 30.1 Å². The Morgan fingerprint density at radius 2 is 1.95 bits per heavy atom. The molecular weight excluding hydrogens is 264 g/mol. The Hall–Kier alpha value is -1.90. The van der Waals surface area contributed by atoms with E-state index in [1.54, 1.807) is 0 Å². The summed E-state index contributed by atoms with van der Waals surface area (Å²) in [5.41, 5.74) is 0. The molecule has 0 aromatic carbocycles. The average Bonchev–Trinajstić information content (AvgIpc) is 2.75. The summed E-state index contributed by atoms with van der Waals surface area (Å²) in [6.45, 7) is 4.59. The highest BCUT2D eigenvalue weighted by Crippen LogP contribution is 2.23. The molecule has 0 unspecified atom stereocenters. The van der Waals surface area contributed by atoms with Gasteiger partial charge in [-0.3, -0.25) is 5.10 Å². The number of hydrogen-bond donors (Lipinski definition) is 2. The van der Waals surface area contributed by atoms with Crippen LogP contribution < -0.4 is 10.2 Å². The van der Waals surface area contributed by atoms with Gasteiger partial charge in [-0.2, -0.15) is 15.0 Å². The number of nitrogens with zero attached hydrogens (tertiary/aromatic N) is 6. The summed E-state index contributed by atoms with van der Waals surface area (Å²) in [5.74, 6) is 1.91. The summed E-state index contributed by atoms with van der Waals surface area (Å²) in [7, 11) is 3.77. The summed E-state index contributed by atoms with van der Waals surface area (Å²) in [5, 5.41) is 11.1. The molecule has 0 spiro atoms. The van der Waals surface area contributed by atoms with Gasteiger partial charge in [0.1, 0.15) is 5.82 Å². The number of H-pyrrole nitrogens is 1. The second-order valence-electron chi connectivity index (χ2n) is 3.97. The van der Waals surface area contributed by atoms with Crippen molar-refractivity contribution in [3.63, 3.8) is 0 Å². The van der Waals surface area contributed by atoms with Crippen LogP contribution in [0.15, 0.2) is 10.3 Å². The van der Waals surface area contributed by atoms with E-state index in [1.807, 2.05) is 32.8 Å². The molecule has 19 heavy (non-hydrogen) atoms. The summed E-state index contributed by atoms with van der Waals surface area (Å²) in [6.07, 6.45) is 0. The summed E-state index contributed by atoms with van der Waals surface area (Å²) >= 11 is 1.30. The van der Waals surface area contributed by atoms with E-state index in [9.17, 15) is 0 Å². The first-order valence-electron chi connectivity index (χ1n) is 5.82. The molecule has 9 heteroatoms. The van der Waals surface area contributed by atoms with Gasteiger partial charge in [0.2, 0.25) is 22.2 Å². The first-order chi connectivity index (χ1) is 9.08. The van der Waals surface area contributed by atoms with Gasteiger partial charge in [-0.15, -0.1) is 5.10 Å². The molecule has 2 aromatic heterocycles. The van der Waals surface area contributed by atoms with E-state index in [0.29, 0.717) is 22.2 Å². The van der Waals surface area contributed by atoms with E-state index in [1.165, 1.54) is 11.8 Å². The van der Waals surface area contributed by atoms with Gasteiger partial charge in [-0.25, -0.2) is 4.98 Å². The Morgan fingerprint density at radius 1 is 1.16 bits per heavy atom. The number of aromatic nitrogens is 6. The van der Waals surface area contributed by atoms with Crippen molar-refractivity contribution in [2.75, 3.05) is 30.9 Å². The topological polar surface area (TPSA) is 95.5 Å². The fourth-order valence-corrected chi connectivity index (χ4v) is 1.97. The SMILES string of the molecule is CCNc1nc(Sc2n[nH]c(C)n2)nc(N(C)C)n1. The quantitative estimate of drug-likeness (QED) is 0.835. The fraction of sp³-hybridized carbons (Fsp3) is 0.500. The molecule has 0 aliphatic rings. The summed E-state index contributed by atoms with van der Waals surface area (Å²) < 4.78 is 0. The molecule has 0 saturated heterocycles. The third-order valence-corrected chi connectivity index (χ3v) is 2.83. The zero-order chi connectivity index (χ0) is 13.8. The molecule has 0 bridgehead atoms. The van der Waals surface area contributed by atoms with Gasteiger partial charge in [0.05, 0.1) is 0 Å². The lowest BCUT2D eigenvalue weighted by molar-refractivity contribution is 0.857. The van der Waals surface area contributed by atoms with Gasteiger partial charge in [0.25, 0.3) is 0 Å². The number of aryl methyl sites for hydroxylation is 1. The molecule has 0 saturated carbocycles. The van der Waals surface area contributed by atoms with Crippen LogP contribution in [0.1, 0.15) is 12.7 Å². The minimum atomic E-state index is 0.552. The lowest BCUT2D eigenvalue weighted by Crippen LogP contribution is -2.15. The Bertz CT molecular complexity index is 552. The molecule has 2 heterocycles. The first kappa shape index (κ1) is 13.5. The highest BCUT2D eigenvalue weighted by Gasteiger charge is 2.11. The van der Waals surface area contributed by atoms with Gasteiger partial charge in [0, 0.05) is 20.6 Å². The lowest BCUT2D eigenvalue weighted by Gasteiger charge is -2.12. The molecule has 8 nitrogen and oxygen atoms in total. The van der Waals surface area contributed by atoms with Crippen molar-refractivity contribution in [1.29, 1.82) is 0 Å². The fourth-order valence-electron chi connectivity index (χ4n) is 1.28. The smallest absolute Gasteiger partial charge is 0.230 e. The van der Waals surface area contributed by atoms with Gasteiger partial charge >= 0.3 is 0 Å². The van der Waals surface area contributed by atoms with Gasteiger partial charge in [0.15, 0.2) is 0 Å². The minimum Gasteiger partial charge on any atom is -0.354 e. The molecule has 2 N–H and O–H groups in total. The van der Waals surface area contributed by atoms with Crippen molar-refractivity contribution < 1.29 is 0 Å². The van der Waals surface area contributed by atoms with Crippen LogP contribution in [-0.4, -0.2) is 50.8 Å². The predicted molar refractivity (Wildman–Crippen MR) is 73.6 cm³/mol. The van der Waals surface area contributed by atoms with Gasteiger partial charge in [-0.05, 0) is 25.6 Å². The normalized spacial score (nSPS) is 10.5. The van der Waals surface area contributed by atoms with E-state index >= 15 is 0 Å². The molecule has 0 aliphatic carbocycles. The van der Waals surface area contributed by atoms with E-state index in [2.05, 4.69) is 35.5 Å². The third kappa shape index (κ3) is 3.53. The number of rotatable bonds is 5. The van der Waals surface area contributed by atoms with Crippen molar-refractivity contribution in [2.24, 2.45) is 0 Å². The molecule has 102 valence electrons. The highest BCUT2D eigenvalue weighted by atomic mass is 32.2. The Labute approximate surface area is 115 Å². The van der Waals surface area contributed by atoms with Crippen LogP contribution in [0.25, 0.3) is 0 Å². The molecule has 0 aliphatic heterocycles. The maximum Gasteiger partial charge on any atom is 0.230 e. The third-order valence-electron chi connectivity index (χ3n) is 2.10. The molecular formula is C10H16N8S. The zero-order valence-corrected chi connectivity index (χ0v) is 12.1. The molecule has 0 radical (unpaired) electrons. The van der Waals surface area contributed by atoms with Crippen LogP contribution >= 0.6 is 11.8 Å². The maximum absolute atomic E-state index is 4.35. The van der Waals surface area contributed by atoms with Crippen LogP contribution in [-0.2, 0) is 0 Å². The van der Waals surface area contributed by atoms with Crippen LogP contribution in [0, 0.1) is 6.92 Å². The van der Waals surface area contributed by atoms with Gasteiger partial charge < -0.3 is 10.2 Å². The highest BCUT2D eigenvalue weighted by molar-refractivity contribution is 7.99. The molecule has 2 rings (SSSR count). The standard InChI is InChI=1S/C10H16N8S/c1-5-11-7-13-8(18(3)4)15-9(14-7)19-10-12-6(2)16-17-10/h5H2,1-4H3,(H,12,16,17)(H,11,13,14,15). The minimum absolute atomic E-state index is 0.552. The van der Waals surface area contributed by atoms with Crippen molar-refractivity contribution in [3.05, 3.63) is 5.82 Å². The van der Waals surface area contributed by atoms with E-state index in [4.69, 9.17) is 0 Å². The van der Waals surface area contributed by atoms with Gasteiger partial charge in [-0.1, -0.05) is 0 Å². The number of nitrogens with one attached hydrogen (secondary N) is 2. The number of hydrogen-bond acceptors (Lipinski definition) is 8. The van der Waals surface area contributed by atoms with E-state index < -0.39 is 0 Å². The molecule has 2 aromatic rings. The summed E-state index contributed by atoms with van der Waals surface area (Å²) in [4.78, 5) is 19.0. The Kier molecular flexibility index (Phi) is 4.15. The maximum atomic E-state index is 4.35. The van der Waals surface area contributed by atoms with Crippen LogP contribution in [0.5, 0.6) is 0 Å². The monoisotopic (exact) mass is 280 g/mol. The van der Waals surface area contributed by atoms with E-state index in [0.717, 1.165) is 12.4 Å². The Morgan fingerprint density at radius 3 is 2.53 bits per heavy atom. The first-order valence-corrected chi connectivity index (χ1v) is 6.64. The number of anilines is 2. The second-order valence-corrected chi connectivity index (χ2v) is 4.91. The lowest BCUT2D eigenvalue weighted by atomic mass is 10.7. The largest absolute Gasteiger partial charge is 0.354 e. The van der Waals surface area contributed by atoms with Crippen molar-refractivity contribution in [2.45, 2.75) is 24.2 Å². The molecule has 0 amide bonds. The average molecular weight is 280 g/mol. The van der Waals surface area contributed by atoms with E-state index in [-0.39, 0.29) is 0 Å². The Balaban J connectivity index is 2.27. The van der Waals surface area contributed by atoms with Crippen molar-refractivity contribution >= 4 is 23.7 Å². The summed E-state index contributed by atoms with van der Waals surface area (Å²) in [6, 6.07) is 0. The second kappa shape index (κ2) is 5.83. The van der Waals surface area contributed by atoms with Crippen LogP contribution in [0.4, 0.5) is 11.9 Å².